The summed E-state index contributed by atoms with van der Waals surface area (Å²) in [4.78, 5) is 31.8. The van der Waals surface area contributed by atoms with E-state index in [0.29, 0.717) is 5.69 Å². The van der Waals surface area contributed by atoms with Crippen molar-refractivity contribution in [1.82, 2.24) is 9.97 Å². The number of ether oxygens (including phenoxy) is 2. The number of carbonyl (C=O) groups excluding carboxylic acids is 2. The molecule has 0 atom stereocenters. The monoisotopic (exact) mass is 441 g/mol. The first kappa shape index (κ1) is 18.2. The highest BCUT2D eigenvalue weighted by Crippen LogP contribution is 2.25. The molecule has 1 aromatic heterocycles. The lowest BCUT2D eigenvalue weighted by molar-refractivity contribution is -0.222. The van der Waals surface area contributed by atoms with Crippen molar-refractivity contribution in [2.45, 2.75) is 19.6 Å². The number of halogens is 1. The van der Waals surface area contributed by atoms with Crippen molar-refractivity contribution in [1.29, 1.82) is 0 Å². The first-order valence-electron chi connectivity index (χ1n) is 8.50. The van der Waals surface area contributed by atoms with Gasteiger partial charge >= 0.3 is 11.9 Å². The number of aromatic nitrogens is 2. The van der Waals surface area contributed by atoms with E-state index in [1.807, 2.05) is 36.4 Å². The number of anilines is 1. The average molecular weight is 442 g/mol. The molecule has 7 nitrogen and oxygen atoms in total. The van der Waals surface area contributed by atoms with Crippen molar-refractivity contribution in [3.05, 3.63) is 58.7 Å². The topological polar surface area (TPSA) is 93.3 Å². The molecular formula is C20H16BrN3O4. The van der Waals surface area contributed by atoms with Crippen LogP contribution in [0.3, 0.4) is 0 Å². The molecule has 0 aliphatic carbocycles. The van der Waals surface area contributed by atoms with Crippen LogP contribution in [0.15, 0.2) is 58.7 Å². The van der Waals surface area contributed by atoms with E-state index in [0.717, 1.165) is 26.9 Å². The number of nitrogens with one attached hydrogen (secondary N) is 2. The Balaban J connectivity index is 1.57. The Bertz CT molecular complexity index is 1090. The highest BCUT2D eigenvalue weighted by Gasteiger charge is 2.38. The van der Waals surface area contributed by atoms with E-state index in [-0.39, 0.29) is 5.57 Å². The molecule has 4 rings (SSSR count). The molecule has 2 N–H and O–H groups in total. The summed E-state index contributed by atoms with van der Waals surface area (Å²) in [6.45, 7) is 3.00. The Morgan fingerprint density at radius 3 is 2.43 bits per heavy atom. The number of H-pyrrole nitrogens is 1. The van der Waals surface area contributed by atoms with Crippen molar-refractivity contribution in [2.75, 3.05) is 5.32 Å². The van der Waals surface area contributed by atoms with Crippen LogP contribution in [-0.2, 0) is 19.1 Å². The molecule has 1 fully saturated rings. The third-order valence-electron chi connectivity index (χ3n) is 4.10. The minimum absolute atomic E-state index is 0.195. The van der Waals surface area contributed by atoms with Gasteiger partial charge in [0, 0.05) is 35.8 Å². The largest absolute Gasteiger partial charge is 0.419 e. The van der Waals surface area contributed by atoms with Gasteiger partial charge in [0.05, 0.1) is 11.0 Å². The van der Waals surface area contributed by atoms with E-state index in [1.165, 1.54) is 20.0 Å². The second-order valence-electron chi connectivity index (χ2n) is 6.71. The van der Waals surface area contributed by atoms with Crippen LogP contribution in [0.5, 0.6) is 0 Å². The Morgan fingerprint density at radius 2 is 1.75 bits per heavy atom. The van der Waals surface area contributed by atoms with E-state index in [1.54, 1.807) is 6.07 Å². The van der Waals surface area contributed by atoms with Crippen molar-refractivity contribution < 1.29 is 19.1 Å². The summed E-state index contributed by atoms with van der Waals surface area (Å²) < 4.78 is 11.1. The first-order valence-corrected chi connectivity index (χ1v) is 9.29. The van der Waals surface area contributed by atoms with Gasteiger partial charge < -0.3 is 19.8 Å². The molecule has 3 aromatic rings. The van der Waals surface area contributed by atoms with Gasteiger partial charge in [-0.2, -0.15) is 0 Å². The molecule has 28 heavy (non-hydrogen) atoms. The molecule has 0 spiro atoms. The number of cyclic esters (lactones) is 2. The van der Waals surface area contributed by atoms with E-state index in [9.17, 15) is 9.59 Å². The number of hydrogen-bond donors (Lipinski definition) is 2. The number of hydrogen-bond acceptors (Lipinski definition) is 6. The van der Waals surface area contributed by atoms with Crippen molar-refractivity contribution in [3.8, 4) is 11.4 Å². The van der Waals surface area contributed by atoms with Crippen LogP contribution < -0.4 is 5.32 Å². The number of benzene rings is 2. The zero-order valence-corrected chi connectivity index (χ0v) is 16.7. The minimum Gasteiger partial charge on any atom is -0.419 e. The van der Waals surface area contributed by atoms with Gasteiger partial charge in [0.15, 0.2) is 5.57 Å². The van der Waals surface area contributed by atoms with Crippen molar-refractivity contribution >= 4 is 44.6 Å². The van der Waals surface area contributed by atoms with Gasteiger partial charge in [0.1, 0.15) is 5.82 Å². The molecule has 0 saturated carbocycles. The van der Waals surface area contributed by atoms with Gasteiger partial charge in [-0.15, -0.1) is 0 Å². The molecule has 1 saturated heterocycles. The standard InChI is InChI=1S/C20H16BrN3O4/c1-20(2)27-18(25)14(19(26)28-20)10-22-13-7-8-15-16(9-13)24-17(23-15)11-3-5-12(21)6-4-11/h3-10,22H,1-2H3,(H,23,24). The fraction of sp³-hybridized carbons (Fsp3) is 0.150. The summed E-state index contributed by atoms with van der Waals surface area (Å²) in [5.41, 5.74) is 3.06. The highest BCUT2D eigenvalue weighted by molar-refractivity contribution is 9.10. The van der Waals surface area contributed by atoms with Crippen LogP contribution in [-0.4, -0.2) is 27.7 Å². The molecule has 142 valence electrons. The Kier molecular flexibility index (Phi) is 4.43. The quantitative estimate of drug-likeness (QED) is 0.360. The lowest BCUT2D eigenvalue weighted by Gasteiger charge is -2.29. The number of rotatable bonds is 3. The fourth-order valence-electron chi connectivity index (χ4n) is 2.78. The highest BCUT2D eigenvalue weighted by atomic mass is 79.9. The number of carbonyl (C=O) groups is 2. The summed E-state index contributed by atoms with van der Waals surface area (Å²) in [5.74, 6) is -1.97. The molecule has 0 unspecified atom stereocenters. The van der Waals surface area contributed by atoms with Gasteiger partial charge in [0.2, 0.25) is 0 Å². The number of nitrogens with zero attached hydrogens (tertiary/aromatic N) is 1. The molecule has 0 bridgehead atoms. The molecule has 1 aliphatic rings. The number of fused-ring (bicyclic) bond motifs is 1. The SMILES string of the molecule is CC1(C)OC(=O)C(=CNc2ccc3nc(-c4ccc(Br)cc4)[nH]c3c2)C(=O)O1. The molecule has 8 heteroatoms. The van der Waals surface area contributed by atoms with Gasteiger partial charge in [-0.1, -0.05) is 28.1 Å². The molecule has 2 aromatic carbocycles. The lowest BCUT2D eigenvalue weighted by Crippen LogP contribution is -2.42. The summed E-state index contributed by atoms with van der Waals surface area (Å²) in [6.07, 6.45) is 1.28. The van der Waals surface area contributed by atoms with Gasteiger partial charge in [-0.05, 0) is 30.3 Å². The van der Waals surface area contributed by atoms with E-state index >= 15 is 0 Å². The smallest absolute Gasteiger partial charge is 0.350 e. The molecule has 0 radical (unpaired) electrons. The Hall–Kier alpha value is -3.13. The Morgan fingerprint density at radius 1 is 1.07 bits per heavy atom. The van der Waals surface area contributed by atoms with Crippen LogP contribution in [0.4, 0.5) is 5.69 Å². The van der Waals surface area contributed by atoms with E-state index < -0.39 is 17.7 Å². The second-order valence-corrected chi connectivity index (χ2v) is 7.62. The van der Waals surface area contributed by atoms with Crippen LogP contribution >= 0.6 is 15.9 Å². The third kappa shape index (κ3) is 3.63. The maximum atomic E-state index is 12.0. The van der Waals surface area contributed by atoms with Crippen LogP contribution in [0.2, 0.25) is 0 Å². The van der Waals surface area contributed by atoms with E-state index in [4.69, 9.17) is 9.47 Å². The summed E-state index contributed by atoms with van der Waals surface area (Å²) in [7, 11) is 0. The summed E-state index contributed by atoms with van der Waals surface area (Å²) >= 11 is 3.42. The third-order valence-corrected chi connectivity index (χ3v) is 4.63. The fourth-order valence-corrected chi connectivity index (χ4v) is 3.04. The first-order chi connectivity index (χ1) is 13.3. The molecule has 0 amide bonds. The summed E-state index contributed by atoms with van der Waals surface area (Å²) in [5, 5.41) is 2.93. The van der Waals surface area contributed by atoms with Crippen LogP contribution in [0.1, 0.15) is 13.8 Å². The maximum absolute atomic E-state index is 12.0. The minimum atomic E-state index is -1.26. The van der Waals surface area contributed by atoms with Crippen LogP contribution in [0.25, 0.3) is 22.4 Å². The molecule has 1 aliphatic heterocycles. The zero-order valence-electron chi connectivity index (χ0n) is 15.1. The predicted octanol–water partition coefficient (Wildman–Crippen LogP) is 4.12. The molecular weight excluding hydrogens is 426 g/mol. The van der Waals surface area contributed by atoms with Gasteiger partial charge in [-0.3, -0.25) is 0 Å². The van der Waals surface area contributed by atoms with E-state index in [2.05, 4.69) is 31.2 Å². The summed E-state index contributed by atoms with van der Waals surface area (Å²) in [6, 6.07) is 13.3. The molecule has 2 heterocycles. The normalized spacial score (nSPS) is 15.9. The van der Waals surface area contributed by atoms with Crippen LogP contribution in [0, 0.1) is 0 Å². The number of esters is 2. The lowest BCUT2D eigenvalue weighted by atomic mass is 10.2. The van der Waals surface area contributed by atoms with Crippen molar-refractivity contribution in [2.24, 2.45) is 0 Å². The Labute approximate surface area is 168 Å². The maximum Gasteiger partial charge on any atom is 0.350 e. The second kappa shape index (κ2) is 6.79. The van der Waals surface area contributed by atoms with Gasteiger partial charge in [-0.25, -0.2) is 14.6 Å². The zero-order chi connectivity index (χ0) is 19.9. The predicted molar refractivity (Wildman–Crippen MR) is 107 cm³/mol. The van der Waals surface area contributed by atoms with Gasteiger partial charge in [0.25, 0.3) is 5.79 Å². The number of imidazole rings is 1. The average Bonchev–Trinajstić information content (AvgIpc) is 3.04. The van der Waals surface area contributed by atoms with Crippen molar-refractivity contribution in [3.63, 3.8) is 0 Å². The number of aromatic amines is 1.